The van der Waals surface area contributed by atoms with Crippen LogP contribution in [0, 0.1) is 5.92 Å². The van der Waals surface area contributed by atoms with Crippen LogP contribution >= 0.6 is 6.72 Å². The minimum atomic E-state index is -3.01. The fourth-order valence-electron chi connectivity index (χ4n) is 1.39. The Balaban J connectivity index is 3.94. The lowest BCUT2D eigenvalue weighted by Crippen LogP contribution is -2.10. The third kappa shape index (κ3) is 8.66. The van der Waals surface area contributed by atoms with Crippen LogP contribution in [0.25, 0.3) is 0 Å². The number of hydrogen-bond acceptors (Lipinski definition) is 3. The van der Waals surface area contributed by atoms with Gasteiger partial charge >= 0.3 is 6.72 Å². The lowest BCUT2D eigenvalue weighted by atomic mass is 10.0. The first kappa shape index (κ1) is 16.5. The summed E-state index contributed by atoms with van der Waals surface area (Å²) in [7, 11) is 0. The second kappa shape index (κ2) is 8.60. The van der Waals surface area contributed by atoms with E-state index in [1.54, 1.807) is 0 Å². The monoisotopic (exact) mass is 268 g/mol. The second-order valence-corrected chi connectivity index (χ2v) is 7.13. The molecule has 0 heterocycles. The van der Waals surface area contributed by atoms with Crippen molar-refractivity contribution in [3.8, 4) is 0 Å². The van der Waals surface area contributed by atoms with Crippen LogP contribution in [-0.2, 0) is 20.9 Å². The molecule has 0 saturated heterocycles. The van der Waals surface area contributed by atoms with E-state index in [2.05, 4.69) is 13.8 Å². The normalized spacial score (nSPS) is 17.4. The molecule has 0 radical (unpaired) electrons. The van der Waals surface area contributed by atoms with Gasteiger partial charge in [-0.15, -0.1) is 0 Å². The highest BCUT2D eigenvalue weighted by molar-refractivity contribution is 8.07. The standard InChI is InChI=1S/C11H25O3PS/c1-5-7-8-11(6-2)9-13-15(12,16)14-10(3)4/h10-11H,5-9H2,1-4H3,(H,12,16). The summed E-state index contributed by atoms with van der Waals surface area (Å²) < 4.78 is 10.5. The first-order valence-corrected chi connectivity index (χ1v) is 8.66. The van der Waals surface area contributed by atoms with E-state index in [0.717, 1.165) is 12.8 Å². The van der Waals surface area contributed by atoms with Crippen LogP contribution in [0.15, 0.2) is 0 Å². The molecule has 0 aliphatic heterocycles. The molecule has 0 rings (SSSR count). The fourth-order valence-corrected chi connectivity index (χ4v) is 3.09. The van der Waals surface area contributed by atoms with Gasteiger partial charge in [-0.2, -0.15) is 0 Å². The third-order valence-electron chi connectivity index (χ3n) is 2.36. The SMILES string of the molecule is CCCCC(CC)COP(O)(=S)OC(C)C. The maximum atomic E-state index is 9.74. The molecule has 0 bridgehead atoms. The van der Waals surface area contributed by atoms with Gasteiger partial charge < -0.3 is 13.9 Å². The van der Waals surface area contributed by atoms with E-state index in [-0.39, 0.29) is 6.10 Å². The van der Waals surface area contributed by atoms with Crippen LogP contribution in [0.4, 0.5) is 0 Å². The van der Waals surface area contributed by atoms with Crippen molar-refractivity contribution in [3.05, 3.63) is 0 Å². The van der Waals surface area contributed by atoms with Crippen molar-refractivity contribution in [2.75, 3.05) is 6.61 Å². The van der Waals surface area contributed by atoms with Crippen molar-refractivity contribution < 1.29 is 13.9 Å². The molecule has 0 saturated carbocycles. The summed E-state index contributed by atoms with van der Waals surface area (Å²) >= 11 is 4.92. The largest absolute Gasteiger partial charge is 0.324 e. The van der Waals surface area contributed by atoms with E-state index in [0.29, 0.717) is 12.5 Å². The molecule has 0 aliphatic rings. The maximum absolute atomic E-state index is 9.74. The smallest absolute Gasteiger partial charge is 0.324 e. The molecule has 2 atom stereocenters. The molecule has 0 amide bonds. The van der Waals surface area contributed by atoms with Gasteiger partial charge in [0.1, 0.15) is 0 Å². The Bertz CT molecular complexity index is 221. The van der Waals surface area contributed by atoms with E-state index in [9.17, 15) is 4.89 Å². The summed E-state index contributed by atoms with van der Waals surface area (Å²) in [5, 5.41) is 0. The highest BCUT2D eigenvalue weighted by Gasteiger charge is 2.19. The first-order valence-electron chi connectivity index (χ1n) is 6.07. The second-order valence-electron chi connectivity index (χ2n) is 4.33. The highest BCUT2D eigenvalue weighted by atomic mass is 32.5. The molecule has 1 N–H and O–H groups in total. The first-order chi connectivity index (χ1) is 7.41. The average molecular weight is 268 g/mol. The molecular weight excluding hydrogens is 243 g/mol. The van der Waals surface area contributed by atoms with Crippen LogP contribution in [-0.4, -0.2) is 17.6 Å². The summed E-state index contributed by atoms with van der Waals surface area (Å²) in [4.78, 5) is 9.74. The van der Waals surface area contributed by atoms with Crippen molar-refractivity contribution >= 4 is 18.5 Å². The maximum Gasteiger partial charge on any atom is 0.324 e. The zero-order chi connectivity index (χ0) is 12.6. The van der Waals surface area contributed by atoms with Crippen molar-refractivity contribution in [3.63, 3.8) is 0 Å². The summed E-state index contributed by atoms with van der Waals surface area (Å²) in [5.74, 6) is 0.477. The van der Waals surface area contributed by atoms with Crippen LogP contribution in [0.3, 0.4) is 0 Å². The van der Waals surface area contributed by atoms with E-state index < -0.39 is 6.72 Å². The van der Waals surface area contributed by atoms with E-state index >= 15 is 0 Å². The molecule has 0 fully saturated rings. The Labute approximate surface area is 105 Å². The Morgan fingerprint density at radius 1 is 1.31 bits per heavy atom. The van der Waals surface area contributed by atoms with Gasteiger partial charge in [0.05, 0.1) is 12.7 Å². The number of rotatable bonds is 9. The van der Waals surface area contributed by atoms with Crippen LogP contribution in [0.5, 0.6) is 0 Å². The predicted molar refractivity (Wildman–Crippen MR) is 72.0 cm³/mol. The number of hydrogen-bond donors (Lipinski definition) is 1. The molecule has 0 aliphatic carbocycles. The Morgan fingerprint density at radius 2 is 1.94 bits per heavy atom. The van der Waals surface area contributed by atoms with E-state index in [4.69, 9.17) is 20.9 Å². The van der Waals surface area contributed by atoms with Gasteiger partial charge in [0.25, 0.3) is 0 Å². The Kier molecular flexibility index (Phi) is 8.88. The van der Waals surface area contributed by atoms with Crippen molar-refractivity contribution in [1.82, 2.24) is 0 Å². The molecule has 3 nitrogen and oxygen atoms in total. The van der Waals surface area contributed by atoms with Gasteiger partial charge in [0, 0.05) is 0 Å². The lowest BCUT2D eigenvalue weighted by molar-refractivity contribution is 0.141. The molecule has 98 valence electrons. The van der Waals surface area contributed by atoms with Crippen molar-refractivity contribution in [1.29, 1.82) is 0 Å². The topological polar surface area (TPSA) is 38.7 Å². The van der Waals surface area contributed by atoms with Gasteiger partial charge in [-0.3, -0.25) is 0 Å². The van der Waals surface area contributed by atoms with Crippen LogP contribution in [0.1, 0.15) is 53.4 Å². The Morgan fingerprint density at radius 3 is 2.38 bits per heavy atom. The van der Waals surface area contributed by atoms with Crippen molar-refractivity contribution in [2.45, 2.75) is 59.5 Å². The summed E-state index contributed by atoms with van der Waals surface area (Å²) in [5.41, 5.74) is 0. The quantitative estimate of drug-likeness (QED) is 0.644. The molecule has 0 aromatic heterocycles. The molecule has 0 aromatic carbocycles. The van der Waals surface area contributed by atoms with Gasteiger partial charge in [0.2, 0.25) is 0 Å². The minimum absolute atomic E-state index is 0.0912. The summed E-state index contributed by atoms with van der Waals surface area (Å²) in [6.45, 7) is 5.49. The summed E-state index contributed by atoms with van der Waals surface area (Å²) in [6, 6.07) is 0. The summed E-state index contributed by atoms with van der Waals surface area (Å²) in [6.07, 6.45) is 4.47. The van der Waals surface area contributed by atoms with Crippen molar-refractivity contribution in [2.24, 2.45) is 5.92 Å². The van der Waals surface area contributed by atoms with Crippen LogP contribution < -0.4 is 0 Å². The minimum Gasteiger partial charge on any atom is -0.324 e. The predicted octanol–water partition coefficient (Wildman–Crippen LogP) is 3.86. The zero-order valence-electron chi connectivity index (χ0n) is 10.8. The van der Waals surface area contributed by atoms with Gasteiger partial charge in [-0.25, -0.2) is 0 Å². The van der Waals surface area contributed by atoms with E-state index in [1.165, 1.54) is 12.8 Å². The van der Waals surface area contributed by atoms with Gasteiger partial charge in [-0.1, -0.05) is 33.1 Å². The zero-order valence-corrected chi connectivity index (χ0v) is 12.5. The number of unbranched alkanes of at least 4 members (excludes halogenated alkanes) is 1. The third-order valence-corrected chi connectivity index (χ3v) is 4.10. The molecular formula is C11H25O3PS. The lowest BCUT2D eigenvalue weighted by Gasteiger charge is -2.21. The van der Waals surface area contributed by atoms with Crippen LogP contribution in [0.2, 0.25) is 0 Å². The Hall–Kier alpha value is 0.530. The molecule has 16 heavy (non-hydrogen) atoms. The van der Waals surface area contributed by atoms with E-state index in [1.807, 2.05) is 13.8 Å². The molecule has 0 spiro atoms. The molecule has 5 heteroatoms. The molecule has 2 unspecified atom stereocenters. The van der Waals surface area contributed by atoms with Gasteiger partial charge in [0.15, 0.2) is 0 Å². The average Bonchev–Trinajstić information content (AvgIpc) is 2.16. The van der Waals surface area contributed by atoms with Gasteiger partial charge in [-0.05, 0) is 38.0 Å². The fraction of sp³-hybridized carbons (Fsp3) is 1.00. The highest BCUT2D eigenvalue weighted by Crippen LogP contribution is 2.45. The molecule has 0 aromatic rings.